The predicted octanol–water partition coefficient (Wildman–Crippen LogP) is 6.31. The highest BCUT2D eigenvalue weighted by Gasteiger charge is 2.43. The summed E-state index contributed by atoms with van der Waals surface area (Å²) in [6.45, 7) is 0. The Morgan fingerprint density at radius 1 is 0.968 bits per heavy atom. The maximum atomic E-state index is 13.3. The molecular formula is C26H22N2O2S. The number of benzene rings is 2. The molecule has 1 aromatic heterocycles. The number of para-hydroxylation sites is 1. The van der Waals surface area contributed by atoms with E-state index in [4.69, 9.17) is 0 Å². The second kappa shape index (κ2) is 8.00. The van der Waals surface area contributed by atoms with E-state index in [0.29, 0.717) is 23.1 Å². The number of aliphatic hydroxyl groups excluding tert-OH is 1. The Bertz CT molecular complexity index is 1190. The lowest BCUT2D eigenvalue weighted by Crippen LogP contribution is -2.42. The first-order valence-electron chi connectivity index (χ1n) is 10.4. The highest BCUT2D eigenvalue weighted by Crippen LogP contribution is 2.48. The van der Waals surface area contributed by atoms with Crippen molar-refractivity contribution in [3.05, 3.63) is 105 Å². The van der Waals surface area contributed by atoms with Gasteiger partial charge in [-0.2, -0.15) is 0 Å². The molecule has 31 heavy (non-hydrogen) atoms. The van der Waals surface area contributed by atoms with Crippen LogP contribution < -0.4 is 4.90 Å². The summed E-state index contributed by atoms with van der Waals surface area (Å²) in [6, 6.07) is 22.9. The third-order valence-electron chi connectivity index (χ3n) is 5.90. The Morgan fingerprint density at radius 2 is 1.68 bits per heavy atom. The Balaban J connectivity index is 1.82. The zero-order valence-electron chi connectivity index (χ0n) is 16.9. The molecule has 154 valence electrons. The molecule has 1 aliphatic heterocycles. The normalized spacial score (nSPS) is 20.6. The van der Waals surface area contributed by atoms with Crippen LogP contribution in [0.25, 0.3) is 5.76 Å². The molecule has 2 aliphatic rings. The van der Waals surface area contributed by atoms with Crippen molar-refractivity contribution in [3.8, 4) is 0 Å². The van der Waals surface area contributed by atoms with Gasteiger partial charge in [0.05, 0.1) is 11.5 Å². The van der Waals surface area contributed by atoms with Crippen LogP contribution in [0, 0.1) is 5.41 Å². The van der Waals surface area contributed by atoms with E-state index in [1.807, 2.05) is 83.1 Å². The van der Waals surface area contributed by atoms with Gasteiger partial charge in [0.1, 0.15) is 11.6 Å². The largest absolute Gasteiger partial charge is 0.507 e. The number of nitrogens with zero attached hydrogens (tertiary/aromatic N) is 1. The fourth-order valence-corrected chi connectivity index (χ4v) is 5.39. The smallest absolute Gasteiger partial charge is 0.161 e. The number of thiophene rings is 1. The number of hydrogen-bond acceptors (Lipinski definition) is 4. The molecule has 1 aliphatic carbocycles. The number of aliphatic hydroxyl groups is 1. The molecule has 4 nitrogen and oxygen atoms in total. The van der Waals surface area contributed by atoms with Crippen molar-refractivity contribution in [2.75, 3.05) is 4.90 Å². The summed E-state index contributed by atoms with van der Waals surface area (Å²) in [5, 5.41) is 22.6. The first-order chi connectivity index (χ1) is 15.2. The van der Waals surface area contributed by atoms with Crippen LogP contribution in [0.4, 0.5) is 5.69 Å². The van der Waals surface area contributed by atoms with Gasteiger partial charge in [0.2, 0.25) is 0 Å². The SMILES string of the molecule is N=C1/C(=C(/O)c2ccccc2)C(c2cccs2)C2=C(CCCC2=O)N1c1ccccc1. The van der Waals surface area contributed by atoms with E-state index in [1.54, 1.807) is 11.3 Å². The second-order valence-corrected chi connectivity index (χ2v) is 8.71. The fourth-order valence-electron chi connectivity index (χ4n) is 4.55. The molecule has 0 amide bonds. The van der Waals surface area contributed by atoms with Crippen molar-refractivity contribution in [2.45, 2.75) is 25.2 Å². The number of carbonyl (C=O) groups is 1. The first kappa shape index (κ1) is 19.5. The number of Topliss-reactive ketones (excluding diaryl/α,β-unsaturated/α-hetero) is 1. The third kappa shape index (κ3) is 3.31. The predicted molar refractivity (Wildman–Crippen MR) is 126 cm³/mol. The zero-order valence-corrected chi connectivity index (χ0v) is 17.7. The molecule has 2 aromatic carbocycles. The van der Waals surface area contributed by atoms with Gasteiger partial charge in [-0.05, 0) is 36.4 Å². The van der Waals surface area contributed by atoms with E-state index in [9.17, 15) is 15.3 Å². The molecule has 1 atom stereocenters. The molecule has 0 saturated carbocycles. The zero-order chi connectivity index (χ0) is 21.4. The first-order valence-corrected chi connectivity index (χ1v) is 11.3. The second-order valence-electron chi connectivity index (χ2n) is 7.73. The van der Waals surface area contributed by atoms with E-state index < -0.39 is 5.92 Å². The summed E-state index contributed by atoms with van der Waals surface area (Å²) in [5.41, 5.74) is 3.55. The van der Waals surface area contributed by atoms with Crippen LogP contribution >= 0.6 is 11.3 Å². The quantitative estimate of drug-likeness (QED) is 0.483. The maximum Gasteiger partial charge on any atom is 0.161 e. The summed E-state index contributed by atoms with van der Waals surface area (Å²) >= 11 is 1.56. The highest BCUT2D eigenvalue weighted by molar-refractivity contribution is 7.10. The van der Waals surface area contributed by atoms with Crippen molar-refractivity contribution in [1.82, 2.24) is 0 Å². The van der Waals surface area contributed by atoms with E-state index in [0.717, 1.165) is 29.1 Å². The molecule has 0 fully saturated rings. The minimum absolute atomic E-state index is 0.0508. The van der Waals surface area contributed by atoms with Crippen LogP contribution in [0.15, 0.2) is 95.0 Å². The van der Waals surface area contributed by atoms with Crippen LogP contribution in [0.2, 0.25) is 0 Å². The fraction of sp³-hybridized carbons (Fsp3) is 0.154. The number of amidine groups is 1. The lowest BCUT2D eigenvalue weighted by Gasteiger charge is -2.41. The lowest BCUT2D eigenvalue weighted by atomic mass is 9.76. The average Bonchev–Trinajstić information content (AvgIpc) is 3.34. The Hall–Kier alpha value is -3.44. The summed E-state index contributed by atoms with van der Waals surface area (Å²) in [7, 11) is 0. The van der Waals surface area contributed by atoms with E-state index >= 15 is 0 Å². The number of nitrogens with one attached hydrogen (secondary N) is 1. The van der Waals surface area contributed by atoms with Crippen LogP contribution in [0.1, 0.15) is 35.6 Å². The molecule has 2 N–H and O–H groups in total. The average molecular weight is 427 g/mol. The van der Waals surface area contributed by atoms with Gasteiger partial charge in [-0.3, -0.25) is 15.1 Å². The molecule has 0 saturated heterocycles. The number of carbonyl (C=O) groups excluding carboxylic acids is 1. The standard InChI is InChI=1S/C26H22N2O2S/c27-26-24(25(30)17-9-3-1-4-10-17)23(21-15-8-16-31-21)22-19(13-7-14-20(22)29)28(26)18-11-5-2-6-12-18/h1-6,8-12,15-16,23,27,30H,7,13-14H2/b25-24+,27-26?. The van der Waals surface area contributed by atoms with Gasteiger partial charge in [0.15, 0.2) is 5.78 Å². The van der Waals surface area contributed by atoms with Gasteiger partial charge in [-0.1, -0.05) is 54.6 Å². The summed E-state index contributed by atoms with van der Waals surface area (Å²) in [5.74, 6) is -0.0591. The number of allylic oxidation sites excluding steroid dienone is 2. The number of hydrogen-bond donors (Lipinski definition) is 2. The van der Waals surface area contributed by atoms with Crippen molar-refractivity contribution >= 4 is 34.4 Å². The molecule has 5 rings (SSSR count). The van der Waals surface area contributed by atoms with Crippen molar-refractivity contribution in [1.29, 1.82) is 5.41 Å². The van der Waals surface area contributed by atoms with Crippen molar-refractivity contribution in [2.24, 2.45) is 0 Å². The minimum Gasteiger partial charge on any atom is -0.507 e. The van der Waals surface area contributed by atoms with Gasteiger partial charge < -0.3 is 5.11 Å². The topological polar surface area (TPSA) is 64.4 Å². The van der Waals surface area contributed by atoms with Gasteiger partial charge >= 0.3 is 0 Å². The monoisotopic (exact) mass is 426 g/mol. The maximum absolute atomic E-state index is 13.3. The molecule has 1 unspecified atom stereocenters. The minimum atomic E-state index is -0.435. The Kier molecular flexibility index (Phi) is 5.04. The van der Waals surface area contributed by atoms with Crippen molar-refractivity contribution in [3.63, 3.8) is 0 Å². The number of anilines is 1. The Labute approximate surface area is 185 Å². The number of ketones is 1. The lowest BCUT2D eigenvalue weighted by molar-refractivity contribution is -0.116. The van der Waals surface area contributed by atoms with E-state index in [2.05, 4.69) is 0 Å². The molecular weight excluding hydrogens is 404 g/mol. The Morgan fingerprint density at radius 3 is 2.35 bits per heavy atom. The van der Waals surface area contributed by atoms with Gasteiger partial charge in [-0.25, -0.2) is 0 Å². The number of rotatable bonds is 3. The molecule has 0 spiro atoms. The molecule has 3 aromatic rings. The van der Waals surface area contributed by atoms with Crippen LogP contribution in [0.3, 0.4) is 0 Å². The molecule has 2 heterocycles. The third-order valence-corrected chi connectivity index (χ3v) is 6.84. The summed E-state index contributed by atoms with van der Waals surface area (Å²) < 4.78 is 0. The van der Waals surface area contributed by atoms with E-state index in [1.165, 1.54) is 0 Å². The van der Waals surface area contributed by atoms with Crippen LogP contribution in [-0.2, 0) is 4.79 Å². The molecule has 0 bridgehead atoms. The van der Waals surface area contributed by atoms with E-state index in [-0.39, 0.29) is 17.4 Å². The summed E-state index contributed by atoms with van der Waals surface area (Å²) in [4.78, 5) is 16.1. The van der Waals surface area contributed by atoms with Crippen LogP contribution in [0.5, 0.6) is 0 Å². The van der Waals surface area contributed by atoms with Crippen molar-refractivity contribution < 1.29 is 9.90 Å². The molecule has 5 heteroatoms. The highest BCUT2D eigenvalue weighted by atomic mass is 32.1. The van der Waals surface area contributed by atoms with Gasteiger partial charge in [0.25, 0.3) is 0 Å². The molecule has 0 radical (unpaired) electrons. The van der Waals surface area contributed by atoms with Crippen LogP contribution in [-0.4, -0.2) is 16.7 Å². The van der Waals surface area contributed by atoms with Gasteiger partial charge in [0, 0.05) is 33.8 Å². The summed E-state index contributed by atoms with van der Waals surface area (Å²) in [6.07, 6.45) is 2.00. The van der Waals surface area contributed by atoms with Gasteiger partial charge in [-0.15, -0.1) is 11.3 Å².